The number of rotatable bonds is 1. The summed E-state index contributed by atoms with van der Waals surface area (Å²) in [4.78, 5) is 24.9. The number of alkyl halides is 2. The van der Waals surface area contributed by atoms with E-state index < -0.39 is 46.2 Å². The average Bonchev–Trinajstić information content (AvgIpc) is 3.02. The number of aromatic nitrogens is 3. The molecule has 2 aromatic heterocycles. The number of hydrogen-bond acceptors (Lipinski definition) is 7. The maximum Gasteiger partial charge on any atom is 0.278 e. The van der Waals surface area contributed by atoms with Gasteiger partial charge in [-0.2, -0.15) is 0 Å². The van der Waals surface area contributed by atoms with Crippen LogP contribution in [0.1, 0.15) is 86.9 Å². The van der Waals surface area contributed by atoms with Crippen LogP contribution >= 0.6 is 0 Å². The number of nitrogens with zero attached hydrogens (tertiary/aromatic N) is 4. The van der Waals surface area contributed by atoms with E-state index in [0.717, 1.165) is 12.8 Å². The Morgan fingerprint density at radius 3 is 2.51 bits per heavy atom. The first-order valence-electron chi connectivity index (χ1n) is 16.2. The molecule has 4 aliphatic heterocycles. The number of aliphatic hydroxyl groups is 1. The van der Waals surface area contributed by atoms with Crippen molar-refractivity contribution in [3.8, 4) is 0 Å². The van der Waals surface area contributed by atoms with Gasteiger partial charge in [-0.25, -0.2) is 23.1 Å². The molecule has 244 valence electrons. The van der Waals surface area contributed by atoms with E-state index in [-0.39, 0.29) is 29.9 Å². The molecule has 2 fully saturated rings. The molecule has 6 heterocycles. The number of nitrogens with one attached hydrogen (secondary N) is 1. The summed E-state index contributed by atoms with van der Waals surface area (Å²) in [5.74, 6) is -3.86. The van der Waals surface area contributed by atoms with E-state index in [1.165, 1.54) is 24.5 Å². The average molecular weight is 646 g/mol. The largest absolute Gasteiger partial charge is 0.392 e. The van der Waals surface area contributed by atoms with E-state index in [9.17, 15) is 14.1 Å². The lowest BCUT2D eigenvalue weighted by Gasteiger charge is -2.37. The van der Waals surface area contributed by atoms with Gasteiger partial charge < -0.3 is 15.3 Å². The van der Waals surface area contributed by atoms with Crippen molar-refractivity contribution in [3.63, 3.8) is 0 Å². The molecule has 7 rings (SSSR count). The maximum absolute atomic E-state index is 16.0. The summed E-state index contributed by atoms with van der Waals surface area (Å²) in [6.45, 7) is 3.42. The van der Waals surface area contributed by atoms with Crippen LogP contribution in [0.3, 0.4) is 0 Å². The number of halogens is 3. The highest BCUT2D eigenvalue weighted by molar-refractivity contribution is 7.85. The lowest BCUT2D eigenvalue weighted by molar-refractivity contribution is -0.0899. The van der Waals surface area contributed by atoms with Crippen LogP contribution in [0.25, 0.3) is 11.0 Å². The summed E-state index contributed by atoms with van der Waals surface area (Å²) in [5.41, 5.74) is 0.450. The van der Waals surface area contributed by atoms with Gasteiger partial charge in [0, 0.05) is 52.4 Å². The highest BCUT2D eigenvalue weighted by Gasteiger charge is 2.45. The van der Waals surface area contributed by atoms with Crippen molar-refractivity contribution in [1.82, 2.24) is 19.4 Å². The minimum atomic E-state index is -3.35. The number of anilines is 1. The summed E-state index contributed by atoms with van der Waals surface area (Å²) < 4.78 is 61.5. The summed E-state index contributed by atoms with van der Waals surface area (Å²) in [5, 5.41) is 14.5. The monoisotopic (exact) mass is 645 g/mol. The first-order valence-corrected chi connectivity index (χ1v) is 17.7. The number of aryl methyl sites for hydroxylation is 1. The molecule has 12 heteroatoms. The molecule has 0 radical (unpaired) electrons. The van der Waals surface area contributed by atoms with Gasteiger partial charge in [-0.3, -0.25) is 13.6 Å². The van der Waals surface area contributed by atoms with Gasteiger partial charge in [0.05, 0.1) is 23.1 Å². The van der Waals surface area contributed by atoms with E-state index in [1.54, 1.807) is 17.6 Å². The van der Waals surface area contributed by atoms with Crippen LogP contribution in [0.15, 0.2) is 35.4 Å². The molecule has 4 aliphatic rings. The number of aliphatic hydroxyl groups excluding tert-OH is 1. The molecule has 2 saturated heterocycles. The van der Waals surface area contributed by atoms with E-state index in [0.29, 0.717) is 85.8 Å². The van der Waals surface area contributed by atoms with Crippen molar-refractivity contribution in [2.75, 3.05) is 36.5 Å². The second-order valence-electron chi connectivity index (χ2n) is 12.9. The molecule has 0 spiro atoms. The summed E-state index contributed by atoms with van der Waals surface area (Å²) in [6.07, 6.45) is 5.37. The molecular weight excluding hydrogens is 603 g/mol. The maximum atomic E-state index is 16.0. The number of benzene rings is 1. The quantitative estimate of drug-likeness (QED) is 0.362. The van der Waals surface area contributed by atoms with Gasteiger partial charge in [0.25, 0.3) is 11.5 Å². The zero-order valence-electron chi connectivity index (χ0n) is 25.7. The molecule has 3 aromatic rings. The van der Waals surface area contributed by atoms with Crippen molar-refractivity contribution in [3.05, 3.63) is 63.5 Å². The Bertz CT molecular complexity index is 1600. The van der Waals surface area contributed by atoms with Gasteiger partial charge in [-0.05, 0) is 70.5 Å². The fourth-order valence-corrected chi connectivity index (χ4v) is 8.56. The third-order valence-corrected chi connectivity index (χ3v) is 11.3. The van der Waals surface area contributed by atoms with E-state index in [4.69, 9.17) is 0 Å². The highest BCUT2D eigenvalue weighted by Crippen LogP contribution is 2.44. The van der Waals surface area contributed by atoms with E-state index in [1.807, 2.05) is 4.90 Å². The van der Waals surface area contributed by atoms with Crippen LogP contribution in [-0.4, -0.2) is 66.0 Å². The van der Waals surface area contributed by atoms with Gasteiger partial charge >= 0.3 is 0 Å². The van der Waals surface area contributed by atoms with Crippen LogP contribution < -0.4 is 10.9 Å². The van der Waals surface area contributed by atoms with Crippen molar-refractivity contribution in [2.24, 2.45) is 5.92 Å². The van der Waals surface area contributed by atoms with Crippen LogP contribution in [0.5, 0.6) is 0 Å². The second kappa shape index (κ2) is 13.5. The van der Waals surface area contributed by atoms with Gasteiger partial charge in [0.15, 0.2) is 0 Å². The second-order valence-corrected chi connectivity index (χ2v) is 14.6. The van der Waals surface area contributed by atoms with Gasteiger partial charge in [0.2, 0.25) is 0 Å². The molecule has 1 aromatic carbocycles. The zero-order valence-corrected chi connectivity index (χ0v) is 26.5. The predicted molar refractivity (Wildman–Crippen MR) is 170 cm³/mol. The normalized spacial score (nSPS) is 29.6. The van der Waals surface area contributed by atoms with Gasteiger partial charge in [-0.1, -0.05) is 31.0 Å². The smallest absolute Gasteiger partial charge is 0.278 e. The third kappa shape index (κ3) is 6.69. The Balaban J connectivity index is 1.41. The summed E-state index contributed by atoms with van der Waals surface area (Å²) in [6, 6.07) is 5.26. The standard InChI is InChI=1S/C33H42F3N5O3S/c1-21-25-7-5-8-28(29(25)34)33(35,36)23-9-14-40(15-10-23)19-24(42)6-3-2-4-13-41-31-27(30(39-21)37-20-38-31)18-26(32(41)43)22-11-16-45(44)17-12-22/h5,7-8,18,20-24,42H,2-4,6,9-17,19H2,1H3,(H,37,38,39)/t21-,22?,24?,45?/m1/s1. The molecule has 8 nitrogen and oxygen atoms in total. The lowest BCUT2D eigenvalue weighted by atomic mass is 9.85. The Morgan fingerprint density at radius 2 is 1.76 bits per heavy atom. The molecule has 2 atom stereocenters. The van der Waals surface area contributed by atoms with Crippen molar-refractivity contribution in [1.29, 1.82) is 0 Å². The Kier molecular flexibility index (Phi) is 9.63. The molecular formula is C33H42F3N5O3S. The van der Waals surface area contributed by atoms with Crippen LogP contribution in [-0.2, 0) is 23.3 Å². The fourth-order valence-electron chi connectivity index (χ4n) is 7.26. The van der Waals surface area contributed by atoms with Crippen molar-refractivity contribution in [2.45, 2.75) is 88.8 Å². The predicted octanol–water partition coefficient (Wildman–Crippen LogP) is 5.47. The topological polar surface area (TPSA) is 100 Å². The van der Waals surface area contributed by atoms with Crippen LogP contribution in [0.2, 0.25) is 0 Å². The lowest BCUT2D eigenvalue weighted by Crippen LogP contribution is -2.42. The van der Waals surface area contributed by atoms with Crippen molar-refractivity contribution < 1.29 is 22.5 Å². The van der Waals surface area contributed by atoms with Crippen molar-refractivity contribution >= 4 is 27.7 Å². The summed E-state index contributed by atoms with van der Waals surface area (Å²) in [7, 11) is -0.887. The fraction of sp³-hybridized carbons (Fsp3) is 0.606. The number of hydrogen-bond donors (Lipinski definition) is 2. The third-order valence-electron chi connectivity index (χ3n) is 9.93. The molecule has 0 aliphatic carbocycles. The Labute approximate surface area is 263 Å². The van der Waals surface area contributed by atoms with E-state index >= 15 is 13.2 Å². The first-order chi connectivity index (χ1) is 21.6. The molecule has 8 bridgehead atoms. The first kappa shape index (κ1) is 32.1. The van der Waals surface area contributed by atoms with Gasteiger partial charge in [0.1, 0.15) is 23.6 Å². The zero-order chi connectivity index (χ0) is 31.7. The molecule has 45 heavy (non-hydrogen) atoms. The van der Waals surface area contributed by atoms with E-state index in [2.05, 4.69) is 15.3 Å². The highest BCUT2D eigenvalue weighted by atomic mass is 32.2. The molecule has 1 unspecified atom stereocenters. The summed E-state index contributed by atoms with van der Waals surface area (Å²) >= 11 is 0. The molecule has 2 N–H and O–H groups in total. The Morgan fingerprint density at radius 1 is 1.00 bits per heavy atom. The number of pyridine rings is 1. The SMILES string of the molecule is C[C@H]1Nc2ncnc3c2cc(C2CCS(=O)CC2)c(=O)n3CCCCCC(O)CN2CCC(CC2)C(F)(F)c2cccc1c2F. The number of fused-ring (bicyclic) bond motifs is 9. The molecule has 0 saturated carbocycles. The molecule has 0 amide bonds. The Hall–Kier alpha value is -2.83. The van der Waals surface area contributed by atoms with Gasteiger partial charge in [-0.15, -0.1) is 0 Å². The van der Waals surface area contributed by atoms with Crippen LogP contribution in [0, 0.1) is 11.7 Å². The minimum absolute atomic E-state index is 0.0531. The van der Waals surface area contributed by atoms with Crippen LogP contribution in [0.4, 0.5) is 19.0 Å². The minimum Gasteiger partial charge on any atom is -0.392 e. The number of piperidine rings is 1.